The molecule has 23 heavy (non-hydrogen) atoms. The highest BCUT2D eigenvalue weighted by Gasteiger charge is 2.64. The molecule has 0 aromatic heterocycles. The molecule has 1 amide bonds. The second-order valence-electron chi connectivity index (χ2n) is 6.97. The first-order valence-corrected chi connectivity index (χ1v) is 9.56. The smallest absolute Gasteiger partial charge is 0.326 e. The number of rotatable bonds is 3. The molecule has 0 radical (unpaired) electrons. The largest absolute Gasteiger partial charge is 0.374 e. The monoisotopic (exact) mass is 334 g/mol. The summed E-state index contributed by atoms with van der Waals surface area (Å²) >= 11 is 0. The fourth-order valence-corrected chi connectivity index (χ4v) is 5.81. The molecule has 0 spiro atoms. The molecule has 1 aromatic carbocycles. The highest BCUT2D eigenvalue weighted by molar-refractivity contribution is 7.91. The van der Waals surface area contributed by atoms with Gasteiger partial charge in [-0.15, -0.1) is 0 Å². The number of nitrogens with zero attached hydrogens (tertiary/aromatic N) is 1. The van der Waals surface area contributed by atoms with Crippen molar-refractivity contribution in [3.05, 3.63) is 29.8 Å². The number of hydrogen-bond acceptors (Lipinski definition) is 4. The molecule has 5 rings (SSSR count). The van der Waals surface area contributed by atoms with Gasteiger partial charge in [-0.05, 0) is 42.7 Å². The number of hydrogen-bond donors (Lipinski definition) is 1. The van der Waals surface area contributed by atoms with Gasteiger partial charge < -0.3 is 4.74 Å². The van der Waals surface area contributed by atoms with Gasteiger partial charge in [0.2, 0.25) is 5.91 Å². The van der Waals surface area contributed by atoms with Gasteiger partial charge in [0, 0.05) is 6.54 Å². The first kappa shape index (κ1) is 13.8. The molecule has 6 nitrogen and oxygen atoms in total. The Morgan fingerprint density at radius 3 is 2.83 bits per heavy atom. The maximum Gasteiger partial charge on any atom is 0.326 e. The molecule has 122 valence electrons. The summed E-state index contributed by atoms with van der Waals surface area (Å²) < 4.78 is 34.6. The maximum absolute atomic E-state index is 12.6. The van der Waals surface area contributed by atoms with Crippen LogP contribution in [0, 0.1) is 17.8 Å². The Morgan fingerprint density at radius 1 is 1.22 bits per heavy atom. The number of amides is 1. The molecule has 7 heteroatoms. The number of ether oxygens (including phenoxy) is 1. The zero-order valence-electron chi connectivity index (χ0n) is 12.5. The second-order valence-corrected chi connectivity index (χ2v) is 8.56. The molecule has 2 bridgehead atoms. The lowest BCUT2D eigenvalue weighted by molar-refractivity contribution is -0.125. The number of benzene rings is 1. The number of fused-ring (bicyclic) bond motifs is 6. The Kier molecular flexibility index (Phi) is 2.69. The van der Waals surface area contributed by atoms with Crippen LogP contribution in [0.5, 0.6) is 0 Å². The summed E-state index contributed by atoms with van der Waals surface area (Å²) in [5.41, 5.74) is 1.66. The Bertz CT molecular complexity index is 793. The number of carbonyl (C=O) groups is 1. The Balaban J connectivity index is 1.35. The van der Waals surface area contributed by atoms with E-state index in [1.165, 1.54) is 4.31 Å². The standard InChI is InChI=1S/C16H18N2O4S/c19-16(12-8-14-10-7-11(10)15(12)22-14)17-23(20,21)18-6-5-9-3-1-2-4-13(9)18/h1-4,10-12,14-15H,5-8H2,(H,17,19)/t10-,11+,12-,14+,15+/m1/s1. The Hall–Kier alpha value is -1.60. The van der Waals surface area contributed by atoms with E-state index in [2.05, 4.69) is 4.72 Å². The third-order valence-electron chi connectivity index (χ3n) is 5.71. The van der Waals surface area contributed by atoms with Crippen molar-refractivity contribution in [1.82, 2.24) is 4.72 Å². The van der Waals surface area contributed by atoms with E-state index >= 15 is 0 Å². The van der Waals surface area contributed by atoms with Gasteiger partial charge in [-0.1, -0.05) is 18.2 Å². The minimum atomic E-state index is -3.85. The number of para-hydroxylation sites is 1. The predicted molar refractivity (Wildman–Crippen MR) is 82.9 cm³/mol. The third kappa shape index (κ3) is 1.96. The Morgan fingerprint density at radius 2 is 2.04 bits per heavy atom. The van der Waals surface area contributed by atoms with Crippen LogP contribution in [-0.2, 0) is 26.2 Å². The average molecular weight is 334 g/mol. The van der Waals surface area contributed by atoms with Crippen molar-refractivity contribution in [3.63, 3.8) is 0 Å². The highest BCUT2D eigenvalue weighted by atomic mass is 32.2. The molecule has 2 saturated heterocycles. The first-order valence-electron chi connectivity index (χ1n) is 8.12. The molecule has 5 atom stereocenters. The summed E-state index contributed by atoms with van der Waals surface area (Å²) in [6.07, 6.45) is 2.54. The SMILES string of the molecule is O=C(NS(=O)(=O)N1CCc2ccccc21)[C@@H]1C[C@@H]2O[C@H]1[C@H]1C[C@H]12. The van der Waals surface area contributed by atoms with Gasteiger partial charge in [-0.3, -0.25) is 9.10 Å². The van der Waals surface area contributed by atoms with Crippen molar-refractivity contribution in [2.45, 2.75) is 31.5 Å². The number of nitrogens with one attached hydrogen (secondary N) is 1. The number of anilines is 1. The molecule has 0 unspecified atom stereocenters. The summed E-state index contributed by atoms with van der Waals surface area (Å²) in [5.74, 6) is 0.356. The fraction of sp³-hybridized carbons (Fsp3) is 0.562. The Labute approximate surface area is 135 Å². The van der Waals surface area contributed by atoms with Crippen molar-refractivity contribution in [2.75, 3.05) is 10.8 Å². The molecule has 1 aliphatic carbocycles. The summed E-state index contributed by atoms with van der Waals surface area (Å²) in [7, 11) is -3.85. The zero-order chi connectivity index (χ0) is 15.8. The van der Waals surface area contributed by atoms with Crippen LogP contribution < -0.4 is 9.03 Å². The van der Waals surface area contributed by atoms with Gasteiger partial charge >= 0.3 is 10.2 Å². The summed E-state index contributed by atoms with van der Waals surface area (Å²) in [6, 6.07) is 7.41. The molecule has 3 aliphatic heterocycles. The molecular formula is C16H18N2O4S. The maximum atomic E-state index is 12.6. The van der Waals surface area contributed by atoms with Crippen molar-refractivity contribution < 1.29 is 17.9 Å². The van der Waals surface area contributed by atoms with Gasteiger partial charge in [-0.25, -0.2) is 4.72 Å². The van der Waals surface area contributed by atoms with Gasteiger partial charge in [0.05, 0.1) is 23.8 Å². The van der Waals surface area contributed by atoms with Crippen LogP contribution in [0.3, 0.4) is 0 Å². The zero-order valence-corrected chi connectivity index (χ0v) is 13.3. The van der Waals surface area contributed by atoms with E-state index in [9.17, 15) is 13.2 Å². The average Bonchev–Trinajstić information content (AvgIpc) is 2.93. The van der Waals surface area contributed by atoms with Crippen LogP contribution in [0.1, 0.15) is 18.4 Å². The summed E-state index contributed by atoms with van der Waals surface area (Å²) in [4.78, 5) is 12.5. The predicted octanol–water partition coefficient (Wildman–Crippen LogP) is 0.833. The minimum Gasteiger partial charge on any atom is -0.374 e. The van der Waals surface area contributed by atoms with E-state index in [0.717, 1.165) is 12.0 Å². The molecule has 4 aliphatic rings. The summed E-state index contributed by atoms with van der Waals surface area (Å²) in [6.45, 7) is 0.375. The molecule has 1 N–H and O–H groups in total. The first-order chi connectivity index (χ1) is 11.0. The molecule has 1 aromatic rings. The normalized spacial score (nSPS) is 36.7. The van der Waals surface area contributed by atoms with Crippen LogP contribution in [0.25, 0.3) is 0 Å². The van der Waals surface area contributed by atoms with Crippen LogP contribution in [0.4, 0.5) is 5.69 Å². The fourth-order valence-electron chi connectivity index (χ4n) is 4.52. The topological polar surface area (TPSA) is 75.7 Å². The van der Waals surface area contributed by atoms with Gasteiger partial charge in [0.25, 0.3) is 0 Å². The lowest BCUT2D eigenvalue weighted by Gasteiger charge is -2.23. The van der Waals surface area contributed by atoms with Crippen LogP contribution in [0.2, 0.25) is 0 Å². The van der Waals surface area contributed by atoms with Crippen molar-refractivity contribution in [1.29, 1.82) is 0 Å². The third-order valence-corrected chi connectivity index (χ3v) is 7.13. The van der Waals surface area contributed by atoms with Crippen molar-refractivity contribution in [3.8, 4) is 0 Å². The molecule has 3 heterocycles. The lowest BCUT2D eigenvalue weighted by Crippen LogP contribution is -2.47. The van der Waals surface area contributed by atoms with Gasteiger partial charge in [0.1, 0.15) is 0 Å². The van der Waals surface area contributed by atoms with Crippen molar-refractivity contribution in [2.24, 2.45) is 17.8 Å². The quantitative estimate of drug-likeness (QED) is 0.888. The number of carbonyl (C=O) groups excluding carboxylic acids is 1. The van der Waals surface area contributed by atoms with Crippen LogP contribution in [0.15, 0.2) is 24.3 Å². The van der Waals surface area contributed by atoms with Gasteiger partial charge in [-0.2, -0.15) is 8.42 Å². The lowest BCUT2D eigenvalue weighted by atomic mass is 9.89. The van der Waals surface area contributed by atoms with E-state index in [0.29, 0.717) is 36.9 Å². The van der Waals surface area contributed by atoms with E-state index < -0.39 is 16.1 Å². The van der Waals surface area contributed by atoms with E-state index in [-0.39, 0.29) is 18.1 Å². The molecular weight excluding hydrogens is 316 g/mol. The second kappa shape index (κ2) is 4.48. The highest BCUT2D eigenvalue weighted by Crippen LogP contribution is 2.60. The van der Waals surface area contributed by atoms with Crippen LogP contribution >= 0.6 is 0 Å². The van der Waals surface area contributed by atoms with E-state index in [1.807, 2.05) is 18.2 Å². The molecule has 3 fully saturated rings. The van der Waals surface area contributed by atoms with Crippen molar-refractivity contribution >= 4 is 21.8 Å². The van der Waals surface area contributed by atoms with Crippen LogP contribution in [-0.4, -0.2) is 33.1 Å². The summed E-state index contributed by atoms with van der Waals surface area (Å²) in [5, 5.41) is 0. The molecule has 1 saturated carbocycles. The van der Waals surface area contributed by atoms with Gasteiger partial charge in [0.15, 0.2) is 0 Å². The van der Waals surface area contributed by atoms with E-state index in [1.54, 1.807) is 6.07 Å². The minimum absolute atomic E-state index is 0.0777. The van der Waals surface area contributed by atoms with E-state index in [4.69, 9.17) is 4.74 Å².